The van der Waals surface area contributed by atoms with Crippen molar-refractivity contribution >= 4 is 12.1 Å². The maximum absolute atomic E-state index is 11.3. The van der Waals surface area contributed by atoms with Gasteiger partial charge in [0.05, 0.1) is 19.8 Å². The van der Waals surface area contributed by atoms with Crippen LogP contribution in [0.25, 0.3) is 11.3 Å². The number of carbonyl (C=O) groups excluding carboxylic acids is 1. The number of rotatable bonds is 5. The standard InChI is InChI=1S/C15H19N3O3/c1-9(2)18-15(16)11(8-19)14(17-18)10-5-6-12(20-3)13(7-10)21-4/h5-9H,16H2,1-4H3. The highest BCUT2D eigenvalue weighted by molar-refractivity contribution is 5.91. The molecule has 0 aliphatic carbocycles. The van der Waals surface area contributed by atoms with Crippen LogP contribution in [0.1, 0.15) is 30.2 Å². The van der Waals surface area contributed by atoms with E-state index in [-0.39, 0.29) is 6.04 Å². The maximum atomic E-state index is 11.3. The molecular weight excluding hydrogens is 270 g/mol. The zero-order valence-electron chi connectivity index (χ0n) is 12.6. The van der Waals surface area contributed by atoms with Crippen molar-refractivity contribution < 1.29 is 14.3 Å². The van der Waals surface area contributed by atoms with Gasteiger partial charge in [-0.1, -0.05) is 0 Å². The molecule has 1 aromatic carbocycles. The number of nitrogens with zero attached hydrogens (tertiary/aromatic N) is 2. The highest BCUT2D eigenvalue weighted by atomic mass is 16.5. The minimum atomic E-state index is 0.0672. The highest BCUT2D eigenvalue weighted by Crippen LogP contribution is 2.34. The summed E-state index contributed by atoms with van der Waals surface area (Å²) in [6, 6.07) is 5.43. The minimum Gasteiger partial charge on any atom is -0.493 e. The monoisotopic (exact) mass is 289 g/mol. The first-order valence-electron chi connectivity index (χ1n) is 6.59. The molecule has 112 valence electrons. The fourth-order valence-corrected chi connectivity index (χ4v) is 2.17. The van der Waals surface area contributed by atoms with Gasteiger partial charge in [-0.05, 0) is 32.0 Å². The molecule has 6 heteroatoms. The van der Waals surface area contributed by atoms with Gasteiger partial charge < -0.3 is 15.2 Å². The van der Waals surface area contributed by atoms with E-state index in [1.807, 2.05) is 19.9 Å². The van der Waals surface area contributed by atoms with E-state index in [1.54, 1.807) is 31.0 Å². The molecule has 0 saturated carbocycles. The summed E-state index contributed by atoms with van der Waals surface area (Å²) in [5.74, 6) is 1.56. The molecule has 6 nitrogen and oxygen atoms in total. The lowest BCUT2D eigenvalue weighted by atomic mass is 10.1. The predicted molar refractivity (Wildman–Crippen MR) is 81.0 cm³/mol. The number of nitrogens with two attached hydrogens (primary N) is 1. The molecule has 0 saturated heterocycles. The summed E-state index contributed by atoms with van der Waals surface area (Å²) in [7, 11) is 3.13. The van der Waals surface area contributed by atoms with Crippen LogP contribution in [0.2, 0.25) is 0 Å². The third-order valence-corrected chi connectivity index (χ3v) is 3.25. The van der Waals surface area contributed by atoms with Crippen molar-refractivity contribution in [3.63, 3.8) is 0 Å². The van der Waals surface area contributed by atoms with Crippen LogP contribution < -0.4 is 15.2 Å². The van der Waals surface area contributed by atoms with E-state index < -0.39 is 0 Å². The highest BCUT2D eigenvalue weighted by Gasteiger charge is 2.19. The van der Waals surface area contributed by atoms with Gasteiger partial charge in [-0.25, -0.2) is 4.68 Å². The lowest BCUT2D eigenvalue weighted by Crippen LogP contribution is -2.07. The lowest BCUT2D eigenvalue weighted by Gasteiger charge is -2.09. The number of aromatic nitrogens is 2. The molecule has 2 N–H and O–H groups in total. The Hall–Kier alpha value is -2.50. The number of nitrogen functional groups attached to an aromatic ring is 1. The van der Waals surface area contributed by atoms with Crippen LogP contribution in [-0.2, 0) is 0 Å². The van der Waals surface area contributed by atoms with Gasteiger partial charge in [0.2, 0.25) is 0 Å². The van der Waals surface area contributed by atoms with E-state index in [9.17, 15) is 4.79 Å². The molecule has 1 aromatic heterocycles. The summed E-state index contributed by atoms with van der Waals surface area (Å²) in [6.07, 6.45) is 0.729. The van der Waals surface area contributed by atoms with Crippen LogP contribution in [0, 0.1) is 0 Å². The normalized spacial score (nSPS) is 10.7. The third-order valence-electron chi connectivity index (χ3n) is 3.25. The first kappa shape index (κ1) is 14.9. The number of anilines is 1. The smallest absolute Gasteiger partial charge is 0.161 e. The fourth-order valence-electron chi connectivity index (χ4n) is 2.17. The van der Waals surface area contributed by atoms with Gasteiger partial charge in [0.1, 0.15) is 11.5 Å². The number of ether oxygens (including phenoxy) is 2. The van der Waals surface area contributed by atoms with E-state index in [0.29, 0.717) is 28.6 Å². The zero-order valence-corrected chi connectivity index (χ0v) is 12.6. The van der Waals surface area contributed by atoms with Gasteiger partial charge in [-0.3, -0.25) is 4.79 Å². The van der Waals surface area contributed by atoms with Crippen molar-refractivity contribution in [3.05, 3.63) is 23.8 Å². The van der Waals surface area contributed by atoms with Gasteiger partial charge >= 0.3 is 0 Å². The first-order valence-corrected chi connectivity index (χ1v) is 6.59. The van der Waals surface area contributed by atoms with Gasteiger partial charge in [0.15, 0.2) is 17.8 Å². The van der Waals surface area contributed by atoms with Gasteiger partial charge in [0, 0.05) is 11.6 Å². The zero-order chi connectivity index (χ0) is 15.6. The summed E-state index contributed by atoms with van der Waals surface area (Å²) in [5.41, 5.74) is 7.67. The van der Waals surface area contributed by atoms with E-state index in [2.05, 4.69) is 5.10 Å². The van der Waals surface area contributed by atoms with E-state index in [4.69, 9.17) is 15.2 Å². The molecule has 2 aromatic rings. The Morgan fingerprint density at radius 2 is 1.90 bits per heavy atom. The van der Waals surface area contributed by atoms with Crippen LogP contribution in [-0.4, -0.2) is 30.3 Å². The quantitative estimate of drug-likeness (QED) is 0.856. The van der Waals surface area contributed by atoms with Crippen LogP contribution in [0.4, 0.5) is 5.82 Å². The Morgan fingerprint density at radius 1 is 1.24 bits per heavy atom. The molecule has 0 amide bonds. The molecule has 0 atom stereocenters. The number of aldehydes is 1. The molecule has 0 bridgehead atoms. The molecular formula is C15H19N3O3. The molecule has 0 spiro atoms. The Balaban J connectivity index is 2.61. The molecule has 21 heavy (non-hydrogen) atoms. The number of hydrogen-bond donors (Lipinski definition) is 1. The second-order valence-corrected chi connectivity index (χ2v) is 4.87. The lowest BCUT2D eigenvalue weighted by molar-refractivity contribution is 0.112. The van der Waals surface area contributed by atoms with E-state index in [1.165, 1.54) is 0 Å². The largest absolute Gasteiger partial charge is 0.493 e. The van der Waals surface area contributed by atoms with Crippen molar-refractivity contribution in [3.8, 4) is 22.8 Å². The molecule has 0 unspecified atom stereocenters. The number of carbonyl (C=O) groups is 1. The molecule has 1 heterocycles. The number of hydrogen-bond acceptors (Lipinski definition) is 5. The van der Waals surface area contributed by atoms with Crippen molar-refractivity contribution in [1.29, 1.82) is 0 Å². The average molecular weight is 289 g/mol. The second-order valence-electron chi connectivity index (χ2n) is 4.87. The van der Waals surface area contributed by atoms with Gasteiger partial charge in [-0.15, -0.1) is 0 Å². The van der Waals surface area contributed by atoms with Gasteiger partial charge in [-0.2, -0.15) is 5.10 Å². The SMILES string of the molecule is COc1ccc(-c2nn(C(C)C)c(N)c2C=O)cc1OC. The summed E-state index contributed by atoms with van der Waals surface area (Å²) in [5, 5.41) is 4.45. The summed E-state index contributed by atoms with van der Waals surface area (Å²) in [6.45, 7) is 3.91. The van der Waals surface area contributed by atoms with Crippen molar-refractivity contribution in [2.45, 2.75) is 19.9 Å². The van der Waals surface area contributed by atoms with Crippen LogP contribution in [0.3, 0.4) is 0 Å². The maximum Gasteiger partial charge on any atom is 0.161 e. The summed E-state index contributed by atoms with van der Waals surface area (Å²) in [4.78, 5) is 11.3. The topological polar surface area (TPSA) is 79.4 Å². The van der Waals surface area contributed by atoms with Crippen LogP contribution in [0.15, 0.2) is 18.2 Å². The first-order chi connectivity index (χ1) is 10.0. The Morgan fingerprint density at radius 3 is 2.43 bits per heavy atom. The molecule has 0 aliphatic heterocycles. The molecule has 0 aliphatic rings. The van der Waals surface area contributed by atoms with Crippen molar-refractivity contribution in [2.75, 3.05) is 20.0 Å². The predicted octanol–water partition coefficient (Wildman–Crippen LogP) is 2.54. The Labute approximate surface area is 123 Å². The van der Waals surface area contributed by atoms with Crippen LogP contribution >= 0.6 is 0 Å². The molecule has 0 radical (unpaired) electrons. The van der Waals surface area contributed by atoms with Crippen molar-refractivity contribution in [2.24, 2.45) is 0 Å². The molecule has 0 fully saturated rings. The Kier molecular flexibility index (Phi) is 4.16. The summed E-state index contributed by atoms with van der Waals surface area (Å²) < 4.78 is 12.1. The number of methoxy groups -OCH3 is 2. The summed E-state index contributed by atoms with van der Waals surface area (Å²) >= 11 is 0. The fraction of sp³-hybridized carbons (Fsp3) is 0.333. The minimum absolute atomic E-state index is 0.0672. The Bertz CT molecular complexity index is 662. The molecule has 2 rings (SSSR count). The van der Waals surface area contributed by atoms with E-state index in [0.717, 1.165) is 11.8 Å². The second kappa shape index (κ2) is 5.87. The number of benzene rings is 1. The van der Waals surface area contributed by atoms with Gasteiger partial charge in [0.25, 0.3) is 0 Å². The van der Waals surface area contributed by atoms with E-state index >= 15 is 0 Å². The van der Waals surface area contributed by atoms with Crippen molar-refractivity contribution in [1.82, 2.24) is 9.78 Å². The van der Waals surface area contributed by atoms with Crippen LogP contribution in [0.5, 0.6) is 11.5 Å². The third kappa shape index (κ3) is 2.56. The average Bonchev–Trinajstić information content (AvgIpc) is 2.83.